The van der Waals surface area contributed by atoms with E-state index in [2.05, 4.69) is 4.98 Å². The Bertz CT molecular complexity index is 1600. The Labute approximate surface area is 210 Å². The highest BCUT2D eigenvalue weighted by Crippen LogP contribution is 2.35. The number of ether oxygens (including phenoxy) is 2. The van der Waals surface area contributed by atoms with Gasteiger partial charge in [-0.2, -0.15) is 0 Å². The zero-order chi connectivity index (χ0) is 25.0. The van der Waals surface area contributed by atoms with E-state index < -0.39 is 12.0 Å². The molecule has 0 spiro atoms. The van der Waals surface area contributed by atoms with Crippen LogP contribution in [0.5, 0.6) is 5.75 Å². The van der Waals surface area contributed by atoms with Crippen molar-refractivity contribution in [2.24, 2.45) is 0 Å². The van der Waals surface area contributed by atoms with E-state index in [1.54, 1.807) is 12.1 Å². The second-order valence-electron chi connectivity index (χ2n) is 9.16. The van der Waals surface area contributed by atoms with Gasteiger partial charge in [0.15, 0.2) is 6.61 Å². The largest absolute Gasteiger partial charge is 0.482 e. The zero-order valence-electron chi connectivity index (χ0n) is 19.6. The Morgan fingerprint density at radius 1 is 1.14 bits per heavy atom. The lowest BCUT2D eigenvalue weighted by Gasteiger charge is -2.33. The fraction of sp³-hybridized carbons (Fsp3) is 0.296. The van der Waals surface area contributed by atoms with Crippen molar-refractivity contribution in [3.63, 3.8) is 0 Å². The summed E-state index contributed by atoms with van der Waals surface area (Å²) in [6.45, 7) is -0.123. The van der Waals surface area contributed by atoms with E-state index in [1.807, 2.05) is 24.3 Å². The van der Waals surface area contributed by atoms with Gasteiger partial charge in [-0.15, -0.1) is 0 Å². The van der Waals surface area contributed by atoms with Gasteiger partial charge in [-0.3, -0.25) is 4.79 Å². The first-order valence-electron chi connectivity index (χ1n) is 11.8. The van der Waals surface area contributed by atoms with Crippen molar-refractivity contribution in [3.8, 4) is 5.75 Å². The summed E-state index contributed by atoms with van der Waals surface area (Å²) in [5.41, 5.74) is 4.54. The van der Waals surface area contributed by atoms with Crippen molar-refractivity contribution in [1.82, 2.24) is 9.88 Å². The van der Waals surface area contributed by atoms with E-state index in [-0.39, 0.29) is 30.4 Å². The number of aryl methyl sites for hydroxylation is 1. The lowest BCUT2D eigenvalue weighted by atomic mass is 9.96. The van der Waals surface area contributed by atoms with Crippen molar-refractivity contribution in [1.29, 1.82) is 0 Å². The molecule has 0 bridgehead atoms. The third-order valence-electron chi connectivity index (χ3n) is 7.18. The third kappa shape index (κ3) is 3.64. The van der Waals surface area contributed by atoms with Crippen molar-refractivity contribution in [3.05, 3.63) is 74.2 Å². The topological polar surface area (TPSA) is 102 Å². The number of amides is 1. The molecule has 1 N–H and O–H groups in total. The SMILES string of the molecule is COC(=O)[C@@H]1Cc2c([nH]c3ccccc23)CN1C(=O)COc1cc2oc(=O)c3c(c2cc1Cl)CCC3. The summed E-state index contributed by atoms with van der Waals surface area (Å²) in [6, 6.07) is 10.3. The van der Waals surface area contributed by atoms with Crippen LogP contribution < -0.4 is 10.4 Å². The number of fused-ring (bicyclic) bond motifs is 6. The fourth-order valence-corrected chi connectivity index (χ4v) is 5.65. The number of nitrogens with zero attached hydrogens (tertiary/aromatic N) is 1. The van der Waals surface area contributed by atoms with Gasteiger partial charge < -0.3 is 23.8 Å². The first-order valence-corrected chi connectivity index (χ1v) is 12.2. The Morgan fingerprint density at radius 2 is 1.94 bits per heavy atom. The highest BCUT2D eigenvalue weighted by atomic mass is 35.5. The van der Waals surface area contributed by atoms with E-state index in [4.69, 9.17) is 25.5 Å². The summed E-state index contributed by atoms with van der Waals surface area (Å²) in [5, 5.41) is 2.14. The first kappa shape index (κ1) is 22.7. The predicted molar refractivity (Wildman–Crippen MR) is 133 cm³/mol. The van der Waals surface area contributed by atoms with Crippen LogP contribution in [0.15, 0.2) is 45.6 Å². The Hall–Kier alpha value is -3.78. The van der Waals surface area contributed by atoms with Gasteiger partial charge in [-0.1, -0.05) is 29.8 Å². The summed E-state index contributed by atoms with van der Waals surface area (Å²) >= 11 is 6.48. The molecule has 0 saturated heterocycles. The predicted octanol–water partition coefficient (Wildman–Crippen LogP) is 3.92. The minimum atomic E-state index is -0.773. The van der Waals surface area contributed by atoms with Crippen molar-refractivity contribution in [2.45, 2.75) is 38.3 Å². The number of hydrogen-bond donors (Lipinski definition) is 1. The number of carbonyl (C=O) groups excluding carboxylic acids is 2. The average Bonchev–Trinajstić information content (AvgIpc) is 3.52. The van der Waals surface area contributed by atoms with Gasteiger partial charge in [-0.25, -0.2) is 9.59 Å². The van der Waals surface area contributed by atoms with E-state index in [0.29, 0.717) is 29.0 Å². The van der Waals surface area contributed by atoms with Gasteiger partial charge in [0, 0.05) is 40.0 Å². The molecule has 184 valence electrons. The standard InChI is InChI=1S/C27H23ClN2O6/c1-34-27(33)22-10-17-15-5-2-3-8-20(15)29-21(17)12-30(22)25(31)13-35-24-11-23-18(9-19(24)28)14-6-4-7-16(14)26(32)36-23/h2-3,5,8-9,11,22,29H,4,6-7,10,12-13H2,1H3/t22-/m0/s1. The van der Waals surface area contributed by atoms with Crippen LogP contribution >= 0.6 is 11.6 Å². The highest BCUT2D eigenvalue weighted by Gasteiger charge is 2.37. The molecule has 2 aromatic carbocycles. The summed E-state index contributed by atoms with van der Waals surface area (Å²) in [5.74, 6) is -0.642. The smallest absolute Gasteiger partial charge is 0.339 e. The molecule has 2 aliphatic rings. The maximum Gasteiger partial charge on any atom is 0.339 e. The lowest BCUT2D eigenvalue weighted by Crippen LogP contribution is -2.50. The van der Waals surface area contributed by atoms with Gasteiger partial charge in [0.05, 0.1) is 18.7 Å². The number of carbonyl (C=O) groups is 2. The molecule has 1 aliphatic carbocycles. The minimum Gasteiger partial charge on any atom is -0.482 e. The van der Waals surface area contributed by atoms with Gasteiger partial charge in [0.1, 0.15) is 17.4 Å². The summed E-state index contributed by atoms with van der Waals surface area (Å²) in [4.78, 5) is 43.1. The number of esters is 1. The summed E-state index contributed by atoms with van der Waals surface area (Å²) in [7, 11) is 1.31. The molecule has 4 aromatic rings. The zero-order valence-corrected chi connectivity index (χ0v) is 20.3. The molecule has 3 heterocycles. The number of hydrogen-bond acceptors (Lipinski definition) is 6. The molecule has 1 amide bonds. The Kier molecular flexibility index (Phi) is 5.48. The van der Waals surface area contributed by atoms with Gasteiger partial charge in [-0.05, 0) is 42.5 Å². The molecule has 36 heavy (non-hydrogen) atoms. The van der Waals surface area contributed by atoms with Crippen LogP contribution in [0.3, 0.4) is 0 Å². The van der Waals surface area contributed by atoms with Gasteiger partial charge in [0.25, 0.3) is 5.91 Å². The number of aromatic amines is 1. The number of benzene rings is 2. The molecule has 1 atom stereocenters. The minimum absolute atomic E-state index is 0.221. The van der Waals surface area contributed by atoms with E-state index in [0.717, 1.165) is 46.0 Å². The van der Waals surface area contributed by atoms with Crippen molar-refractivity contribution >= 4 is 45.3 Å². The lowest BCUT2D eigenvalue weighted by molar-refractivity contribution is -0.154. The average molecular weight is 507 g/mol. The van der Waals surface area contributed by atoms with Gasteiger partial charge in [0.2, 0.25) is 0 Å². The molecule has 1 aliphatic heterocycles. The second-order valence-corrected chi connectivity index (χ2v) is 9.57. The van der Waals surface area contributed by atoms with Crippen LogP contribution in [-0.4, -0.2) is 41.5 Å². The van der Waals surface area contributed by atoms with Gasteiger partial charge >= 0.3 is 11.6 Å². The number of H-pyrrole nitrogens is 1. The maximum atomic E-state index is 13.3. The number of nitrogens with one attached hydrogen (secondary N) is 1. The van der Waals surface area contributed by atoms with Crippen LogP contribution in [0, 0.1) is 0 Å². The molecule has 0 unspecified atom stereocenters. The molecule has 6 rings (SSSR count). The van der Waals surface area contributed by atoms with E-state index >= 15 is 0 Å². The van der Waals surface area contributed by atoms with E-state index in [1.165, 1.54) is 12.0 Å². The van der Waals surface area contributed by atoms with Crippen LogP contribution in [0.25, 0.3) is 21.9 Å². The van der Waals surface area contributed by atoms with Crippen LogP contribution in [0.1, 0.15) is 28.8 Å². The van der Waals surface area contributed by atoms with Crippen LogP contribution in [0.2, 0.25) is 5.02 Å². The fourth-order valence-electron chi connectivity index (χ4n) is 5.43. The second kappa shape index (κ2) is 8.71. The number of halogens is 1. The molecule has 0 radical (unpaired) electrons. The van der Waals surface area contributed by atoms with Crippen LogP contribution in [-0.2, 0) is 40.1 Å². The molecule has 0 fully saturated rings. The molecular weight excluding hydrogens is 484 g/mol. The molecule has 8 nitrogen and oxygen atoms in total. The number of methoxy groups -OCH3 is 1. The molecular formula is C27H23ClN2O6. The number of aromatic nitrogens is 1. The van der Waals surface area contributed by atoms with Crippen molar-refractivity contribution in [2.75, 3.05) is 13.7 Å². The third-order valence-corrected chi connectivity index (χ3v) is 7.47. The summed E-state index contributed by atoms with van der Waals surface area (Å²) < 4.78 is 16.3. The molecule has 9 heteroatoms. The monoisotopic (exact) mass is 506 g/mol. The normalized spacial score (nSPS) is 16.7. The quantitative estimate of drug-likeness (QED) is 0.332. The highest BCUT2D eigenvalue weighted by molar-refractivity contribution is 6.32. The Morgan fingerprint density at radius 3 is 2.78 bits per heavy atom. The molecule has 2 aromatic heterocycles. The number of rotatable bonds is 4. The van der Waals surface area contributed by atoms with E-state index in [9.17, 15) is 14.4 Å². The molecule has 0 saturated carbocycles. The summed E-state index contributed by atoms with van der Waals surface area (Å²) in [6.07, 6.45) is 2.74. The first-order chi connectivity index (χ1) is 17.4. The Balaban J connectivity index is 1.27. The van der Waals surface area contributed by atoms with Crippen molar-refractivity contribution < 1.29 is 23.5 Å². The number of para-hydroxylation sites is 1. The van der Waals surface area contributed by atoms with Crippen LogP contribution in [0.4, 0.5) is 0 Å². The maximum absolute atomic E-state index is 13.3.